The molecule has 1 fully saturated rings. The van der Waals surface area contributed by atoms with Crippen LogP contribution in [-0.4, -0.2) is 54.9 Å². The van der Waals surface area contributed by atoms with Gasteiger partial charge in [-0.05, 0) is 17.7 Å². The molecular formula is C20H23BrO9. The number of rotatable bonds is 6. The summed E-state index contributed by atoms with van der Waals surface area (Å²) in [5.41, 5.74) is 0.621. The first kappa shape index (κ1) is 23.8. The third kappa shape index (κ3) is 6.53. The molecule has 1 aromatic carbocycles. The van der Waals surface area contributed by atoms with Gasteiger partial charge in [0.05, 0.1) is 0 Å². The second-order valence-corrected chi connectivity index (χ2v) is 7.59. The van der Waals surface area contributed by atoms with Crippen LogP contribution in [0.15, 0.2) is 28.7 Å². The number of hydrogen-bond donors (Lipinski definition) is 0. The number of carbonyl (C=O) groups excluding carboxylic acids is 4. The first-order valence-electron chi connectivity index (χ1n) is 9.14. The Hall–Kier alpha value is -2.46. The van der Waals surface area contributed by atoms with Gasteiger partial charge in [-0.3, -0.25) is 19.2 Å². The molecule has 5 atom stereocenters. The van der Waals surface area contributed by atoms with Gasteiger partial charge in [0.25, 0.3) is 0 Å². The lowest BCUT2D eigenvalue weighted by Gasteiger charge is -2.44. The Morgan fingerprint density at radius 3 is 1.80 bits per heavy atom. The van der Waals surface area contributed by atoms with Crippen molar-refractivity contribution >= 4 is 39.8 Å². The molecule has 2 rings (SSSR count). The van der Waals surface area contributed by atoms with E-state index in [1.165, 1.54) is 27.7 Å². The molecule has 2 unspecified atom stereocenters. The minimum Gasteiger partial charge on any atom is -0.463 e. The zero-order valence-electron chi connectivity index (χ0n) is 17.0. The van der Waals surface area contributed by atoms with Crippen molar-refractivity contribution in [1.82, 2.24) is 0 Å². The van der Waals surface area contributed by atoms with Crippen molar-refractivity contribution in [2.75, 3.05) is 6.61 Å². The molecule has 30 heavy (non-hydrogen) atoms. The molecule has 1 saturated heterocycles. The van der Waals surface area contributed by atoms with E-state index in [4.69, 9.17) is 23.7 Å². The van der Waals surface area contributed by atoms with E-state index in [2.05, 4.69) is 15.9 Å². The van der Waals surface area contributed by atoms with E-state index in [-0.39, 0.29) is 6.61 Å². The predicted molar refractivity (Wildman–Crippen MR) is 105 cm³/mol. The number of carbonyl (C=O) groups is 4. The van der Waals surface area contributed by atoms with Gasteiger partial charge in [0.15, 0.2) is 18.3 Å². The summed E-state index contributed by atoms with van der Waals surface area (Å²) in [5.74, 6) is -2.54. The smallest absolute Gasteiger partial charge is 0.303 e. The molecule has 1 heterocycles. The second kappa shape index (κ2) is 10.5. The van der Waals surface area contributed by atoms with Crippen molar-refractivity contribution in [3.05, 3.63) is 34.3 Å². The summed E-state index contributed by atoms with van der Waals surface area (Å²) in [6.07, 6.45) is -5.30. The van der Waals surface area contributed by atoms with Crippen LogP contribution in [0.2, 0.25) is 0 Å². The van der Waals surface area contributed by atoms with Gasteiger partial charge in [-0.15, -0.1) is 0 Å². The number of benzene rings is 1. The Bertz CT molecular complexity index is 792. The molecule has 1 aromatic rings. The van der Waals surface area contributed by atoms with Gasteiger partial charge in [-0.25, -0.2) is 0 Å². The fourth-order valence-electron chi connectivity index (χ4n) is 3.15. The van der Waals surface area contributed by atoms with Crippen LogP contribution >= 0.6 is 15.9 Å². The SMILES string of the molecule is CC(=O)OCC1O[C@@H](c2ccc(Br)cc2)C(OC(C)=O)[C@@H](OC(C)=O)[C@H]1OC(C)=O. The van der Waals surface area contributed by atoms with Crippen LogP contribution in [-0.2, 0) is 42.9 Å². The molecule has 0 aliphatic carbocycles. The lowest BCUT2D eigenvalue weighted by molar-refractivity contribution is -0.254. The summed E-state index contributed by atoms with van der Waals surface area (Å²) >= 11 is 3.35. The van der Waals surface area contributed by atoms with Gasteiger partial charge < -0.3 is 23.7 Å². The van der Waals surface area contributed by atoms with E-state index in [0.717, 1.165) is 4.47 Å². The Morgan fingerprint density at radius 2 is 1.30 bits per heavy atom. The van der Waals surface area contributed by atoms with Gasteiger partial charge in [0, 0.05) is 32.2 Å². The van der Waals surface area contributed by atoms with E-state index in [1.807, 2.05) is 0 Å². The van der Waals surface area contributed by atoms with Crippen molar-refractivity contribution in [2.45, 2.75) is 58.2 Å². The maximum atomic E-state index is 11.8. The van der Waals surface area contributed by atoms with Crippen LogP contribution < -0.4 is 0 Å². The zero-order valence-corrected chi connectivity index (χ0v) is 18.5. The molecule has 1 aliphatic heterocycles. The fraction of sp³-hybridized carbons (Fsp3) is 0.500. The van der Waals surface area contributed by atoms with Crippen LogP contribution in [0.5, 0.6) is 0 Å². The molecule has 164 valence electrons. The monoisotopic (exact) mass is 486 g/mol. The summed E-state index contributed by atoms with van der Waals surface area (Å²) in [6, 6.07) is 7.02. The lowest BCUT2D eigenvalue weighted by atomic mass is 9.90. The molecule has 0 saturated carbocycles. The lowest BCUT2D eigenvalue weighted by Crippen LogP contribution is -2.59. The summed E-state index contributed by atoms with van der Waals surface area (Å²) in [4.78, 5) is 46.6. The largest absolute Gasteiger partial charge is 0.463 e. The maximum absolute atomic E-state index is 11.8. The highest BCUT2D eigenvalue weighted by molar-refractivity contribution is 9.10. The maximum Gasteiger partial charge on any atom is 0.303 e. The average Bonchev–Trinajstić information content (AvgIpc) is 2.63. The van der Waals surface area contributed by atoms with E-state index in [9.17, 15) is 19.2 Å². The molecule has 0 aromatic heterocycles. The van der Waals surface area contributed by atoms with Gasteiger partial charge in [-0.1, -0.05) is 28.1 Å². The average molecular weight is 487 g/mol. The van der Waals surface area contributed by atoms with E-state index >= 15 is 0 Å². The number of esters is 4. The topological polar surface area (TPSA) is 114 Å². The van der Waals surface area contributed by atoms with Gasteiger partial charge >= 0.3 is 23.9 Å². The Labute approximate surface area is 182 Å². The standard InChI is InChI=1S/C20H23BrO9/c1-10(22)26-9-16-18(27-11(2)23)20(29-13(4)25)19(28-12(3)24)17(30-16)14-5-7-15(21)8-6-14/h5-8,16-20H,9H2,1-4H3/t16?,17-,18-,19?,20-/m0/s1. The summed E-state index contributed by atoms with van der Waals surface area (Å²) in [7, 11) is 0. The second-order valence-electron chi connectivity index (χ2n) is 6.67. The molecule has 1 aliphatic rings. The first-order chi connectivity index (χ1) is 14.1. The van der Waals surface area contributed by atoms with Crippen molar-refractivity contribution in [3.8, 4) is 0 Å². The third-order valence-corrected chi connectivity index (χ3v) is 4.72. The minimum absolute atomic E-state index is 0.259. The number of hydrogen-bond acceptors (Lipinski definition) is 9. The highest BCUT2D eigenvalue weighted by atomic mass is 79.9. The highest BCUT2D eigenvalue weighted by Crippen LogP contribution is 2.38. The molecule has 0 N–H and O–H groups in total. The molecule has 0 amide bonds. The molecule has 0 bridgehead atoms. The van der Waals surface area contributed by atoms with Crippen molar-refractivity contribution in [1.29, 1.82) is 0 Å². The van der Waals surface area contributed by atoms with Crippen molar-refractivity contribution < 1.29 is 42.9 Å². The normalized spacial score (nSPS) is 25.7. The van der Waals surface area contributed by atoms with Crippen molar-refractivity contribution in [2.24, 2.45) is 0 Å². The van der Waals surface area contributed by atoms with Crippen LogP contribution in [0, 0.1) is 0 Å². The Morgan fingerprint density at radius 1 is 0.800 bits per heavy atom. The Balaban J connectivity index is 2.51. The van der Waals surface area contributed by atoms with Gasteiger partial charge in [-0.2, -0.15) is 0 Å². The summed E-state index contributed by atoms with van der Waals surface area (Å²) in [5, 5.41) is 0. The number of halogens is 1. The summed E-state index contributed by atoms with van der Waals surface area (Å²) in [6.45, 7) is 4.53. The molecule has 10 heteroatoms. The van der Waals surface area contributed by atoms with E-state index in [0.29, 0.717) is 5.56 Å². The third-order valence-electron chi connectivity index (χ3n) is 4.19. The zero-order chi connectivity index (χ0) is 22.4. The summed E-state index contributed by atoms with van der Waals surface area (Å²) < 4.78 is 28.1. The Kier molecular flexibility index (Phi) is 8.36. The minimum atomic E-state index is -1.18. The highest BCUT2D eigenvalue weighted by Gasteiger charge is 2.52. The molecule has 0 spiro atoms. The van der Waals surface area contributed by atoms with Crippen LogP contribution in [0.4, 0.5) is 0 Å². The number of ether oxygens (including phenoxy) is 5. The van der Waals surface area contributed by atoms with E-state index < -0.39 is 54.4 Å². The molecule has 0 radical (unpaired) electrons. The van der Waals surface area contributed by atoms with Crippen LogP contribution in [0.3, 0.4) is 0 Å². The fourth-order valence-corrected chi connectivity index (χ4v) is 3.41. The molecule has 9 nitrogen and oxygen atoms in total. The van der Waals surface area contributed by atoms with Gasteiger partial charge in [0.2, 0.25) is 0 Å². The van der Waals surface area contributed by atoms with Crippen molar-refractivity contribution in [3.63, 3.8) is 0 Å². The molecular weight excluding hydrogens is 464 g/mol. The van der Waals surface area contributed by atoms with Crippen LogP contribution in [0.1, 0.15) is 39.4 Å². The predicted octanol–water partition coefficient (Wildman–Crippen LogP) is 2.25. The van der Waals surface area contributed by atoms with E-state index in [1.54, 1.807) is 24.3 Å². The van der Waals surface area contributed by atoms with Gasteiger partial charge in [0.1, 0.15) is 18.8 Å². The quantitative estimate of drug-likeness (QED) is 0.440. The van der Waals surface area contributed by atoms with Crippen LogP contribution in [0.25, 0.3) is 0 Å². The first-order valence-corrected chi connectivity index (χ1v) is 9.93.